The molecule has 0 radical (unpaired) electrons. The van der Waals surface area contributed by atoms with Crippen LogP contribution in [-0.2, 0) is 6.54 Å². The first-order valence-corrected chi connectivity index (χ1v) is 7.36. The van der Waals surface area contributed by atoms with E-state index < -0.39 is 16.6 Å². The van der Waals surface area contributed by atoms with E-state index in [0.717, 1.165) is 12.1 Å². The number of rotatable bonds is 7. The summed E-state index contributed by atoms with van der Waals surface area (Å²) in [6.07, 6.45) is 2.29. The van der Waals surface area contributed by atoms with Crippen LogP contribution in [0.15, 0.2) is 47.4 Å². The van der Waals surface area contributed by atoms with Gasteiger partial charge in [0.05, 0.1) is 16.7 Å². The number of hydrogen-bond donors (Lipinski definition) is 1. The third-order valence-corrected chi connectivity index (χ3v) is 3.41. The van der Waals surface area contributed by atoms with Crippen LogP contribution in [-0.4, -0.2) is 21.9 Å². The molecule has 1 heterocycles. The Balaban J connectivity index is 1.81. The third kappa shape index (κ3) is 4.48. The van der Waals surface area contributed by atoms with Crippen molar-refractivity contribution in [1.29, 1.82) is 0 Å². The lowest BCUT2D eigenvalue weighted by molar-refractivity contribution is -0.385. The average Bonchev–Trinajstić information content (AvgIpc) is 2.56. The van der Waals surface area contributed by atoms with E-state index in [1.165, 1.54) is 29.0 Å². The Labute approximate surface area is 136 Å². The smallest absolute Gasteiger partial charge is 0.285 e. The van der Waals surface area contributed by atoms with Gasteiger partial charge in [-0.15, -0.1) is 0 Å². The zero-order valence-corrected chi connectivity index (χ0v) is 12.8. The Morgan fingerprint density at radius 1 is 1.21 bits per heavy atom. The molecule has 0 aliphatic rings. The maximum absolute atomic E-state index is 13.4. The van der Waals surface area contributed by atoms with E-state index in [4.69, 9.17) is 0 Å². The van der Waals surface area contributed by atoms with Crippen molar-refractivity contribution in [2.45, 2.75) is 19.4 Å². The number of aryl methyl sites for hydroxylation is 1. The lowest BCUT2D eigenvalue weighted by Crippen LogP contribution is -2.26. The molecule has 0 aliphatic carbocycles. The molecule has 0 fully saturated rings. The van der Waals surface area contributed by atoms with Gasteiger partial charge in [-0.1, -0.05) is 12.1 Å². The van der Waals surface area contributed by atoms with Crippen LogP contribution in [0.5, 0.6) is 0 Å². The second-order valence-corrected chi connectivity index (χ2v) is 5.12. The van der Waals surface area contributed by atoms with Gasteiger partial charge in [0.2, 0.25) is 0 Å². The number of unbranched alkanes of at least 4 members (excludes halogenated alkanes) is 1. The highest BCUT2D eigenvalue weighted by atomic mass is 19.1. The van der Waals surface area contributed by atoms with E-state index in [2.05, 4.69) is 5.32 Å². The van der Waals surface area contributed by atoms with Crippen molar-refractivity contribution in [3.05, 3.63) is 74.4 Å². The van der Waals surface area contributed by atoms with E-state index in [1.54, 1.807) is 6.07 Å². The van der Waals surface area contributed by atoms with Crippen LogP contribution in [0.3, 0.4) is 0 Å². The quantitative estimate of drug-likeness (QED) is 0.477. The van der Waals surface area contributed by atoms with Crippen LogP contribution in [0.1, 0.15) is 23.2 Å². The standard InChI is InChI=1S/C16H16FN3O4/c17-14-6-2-1-5-13(14)16(22)18-9-3-4-10-19-11-12(20(23)24)7-8-15(19)21/h1-2,5-8,11H,3-4,9-10H2,(H,18,22). The van der Waals surface area contributed by atoms with Gasteiger partial charge in [-0.25, -0.2) is 4.39 Å². The monoisotopic (exact) mass is 333 g/mol. The molecule has 7 nitrogen and oxygen atoms in total. The lowest BCUT2D eigenvalue weighted by atomic mass is 10.2. The molecular weight excluding hydrogens is 317 g/mol. The first kappa shape index (κ1) is 17.3. The van der Waals surface area contributed by atoms with Crippen LogP contribution in [0.25, 0.3) is 0 Å². The van der Waals surface area contributed by atoms with Crippen LogP contribution in [0, 0.1) is 15.9 Å². The fourth-order valence-corrected chi connectivity index (χ4v) is 2.15. The minimum Gasteiger partial charge on any atom is -0.352 e. The van der Waals surface area contributed by atoms with Gasteiger partial charge in [-0.3, -0.25) is 19.7 Å². The third-order valence-electron chi connectivity index (χ3n) is 3.41. The van der Waals surface area contributed by atoms with Gasteiger partial charge >= 0.3 is 0 Å². The van der Waals surface area contributed by atoms with Gasteiger partial charge in [-0.05, 0) is 25.0 Å². The van der Waals surface area contributed by atoms with Crippen molar-refractivity contribution in [2.75, 3.05) is 6.54 Å². The molecule has 0 saturated carbocycles. The van der Waals surface area contributed by atoms with Crippen molar-refractivity contribution in [2.24, 2.45) is 0 Å². The summed E-state index contributed by atoms with van der Waals surface area (Å²) in [4.78, 5) is 33.5. The molecule has 1 N–H and O–H groups in total. The Morgan fingerprint density at radius 3 is 2.67 bits per heavy atom. The number of aromatic nitrogens is 1. The van der Waals surface area contributed by atoms with E-state index >= 15 is 0 Å². The molecule has 0 atom stereocenters. The zero-order chi connectivity index (χ0) is 17.5. The molecule has 2 rings (SSSR count). The van der Waals surface area contributed by atoms with E-state index in [0.29, 0.717) is 25.9 Å². The highest BCUT2D eigenvalue weighted by molar-refractivity contribution is 5.94. The normalized spacial score (nSPS) is 10.4. The van der Waals surface area contributed by atoms with Crippen LogP contribution in [0.4, 0.5) is 10.1 Å². The van der Waals surface area contributed by atoms with Gasteiger partial charge in [0.1, 0.15) is 5.82 Å². The first-order valence-electron chi connectivity index (χ1n) is 7.36. The van der Waals surface area contributed by atoms with Crippen LogP contribution in [0.2, 0.25) is 0 Å². The molecule has 24 heavy (non-hydrogen) atoms. The molecule has 8 heteroatoms. The summed E-state index contributed by atoms with van der Waals surface area (Å²) in [7, 11) is 0. The van der Waals surface area contributed by atoms with E-state index in [1.807, 2.05) is 0 Å². The van der Waals surface area contributed by atoms with Gasteiger partial charge in [0, 0.05) is 25.2 Å². The molecule has 1 aromatic heterocycles. The summed E-state index contributed by atoms with van der Waals surface area (Å²) in [5.41, 5.74) is -0.495. The summed E-state index contributed by atoms with van der Waals surface area (Å²) >= 11 is 0. The fourth-order valence-electron chi connectivity index (χ4n) is 2.15. The largest absolute Gasteiger partial charge is 0.352 e. The molecular formula is C16H16FN3O4. The molecule has 0 unspecified atom stereocenters. The molecule has 0 aliphatic heterocycles. The fraction of sp³-hybridized carbons (Fsp3) is 0.250. The van der Waals surface area contributed by atoms with Gasteiger partial charge in [0.25, 0.3) is 17.2 Å². The zero-order valence-electron chi connectivity index (χ0n) is 12.8. The first-order chi connectivity index (χ1) is 11.5. The minimum atomic E-state index is -0.585. The number of carbonyl (C=O) groups excluding carboxylic acids is 1. The van der Waals surface area contributed by atoms with Crippen LogP contribution >= 0.6 is 0 Å². The number of carbonyl (C=O) groups is 1. The van der Waals surface area contributed by atoms with Gasteiger partial charge in [-0.2, -0.15) is 0 Å². The molecule has 1 aromatic carbocycles. The van der Waals surface area contributed by atoms with Gasteiger partial charge < -0.3 is 9.88 Å². The van der Waals surface area contributed by atoms with Crippen molar-refractivity contribution < 1.29 is 14.1 Å². The van der Waals surface area contributed by atoms with Gasteiger partial charge in [0.15, 0.2) is 0 Å². The number of amides is 1. The Hall–Kier alpha value is -3.03. The SMILES string of the molecule is O=C(NCCCCn1cc([N+](=O)[O-])ccc1=O)c1ccccc1F. The maximum Gasteiger partial charge on any atom is 0.285 e. The topological polar surface area (TPSA) is 94.2 Å². The number of pyridine rings is 1. The Morgan fingerprint density at radius 2 is 1.96 bits per heavy atom. The average molecular weight is 333 g/mol. The summed E-state index contributed by atoms with van der Waals surface area (Å²) in [5, 5.41) is 13.3. The Bertz CT molecular complexity index is 804. The minimum absolute atomic E-state index is 0.0209. The maximum atomic E-state index is 13.4. The van der Waals surface area contributed by atoms with E-state index in [9.17, 15) is 24.1 Å². The molecule has 0 spiro atoms. The molecule has 0 bridgehead atoms. The number of nitrogens with one attached hydrogen (secondary N) is 1. The molecule has 0 saturated heterocycles. The number of nitro groups is 1. The lowest BCUT2D eigenvalue weighted by Gasteiger charge is -2.07. The second kappa shape index (κ2) is 8.00. The number of benzene rings is 1. The summed E-state index contributed by atoms with van der Waals surface area (Å²) in [5.74, 6) is -1.08. The highest BCUT2D eigenvalue weighted by Gasteiger charge is 2.10. The second-order valence-electron chi connectivity index (χ2n) is 5.12. The number of nitrogens with zero attached hydrogens (tertiary/aromatic N) is 2. The summed E-state index contributed by atoms with van der Waals surface area (Å²) in [6.45, 7) is 0.618. The predicted molar refractivity (Wildman–Crippen MR) is 85.3 cm³/mol. The molecule has 126 valence electrons. The number of halogens is 1. The molecule has 2 aromatic rings. The van der Waals surface area contributed by atoms with Crippen molar-refractivity contribution in [3.63, 3.8) is 0 Å². The molecule has 1 amide bonds. The summed E-state index contributed by atoms with van der Waals surface area (Å²) < 4.78 is 14.7. The highest BCUT2D eigenvalue weighted by Crippen LogP contribution is 2.08. The predicted octanol–water partition coefficient (Wildman–Crippen LogP) is 2.11. The number of hydrogen-bond acceptors (Lipinski definition) is 4. The van der Waals surface area contributed by atoms with Crippen molar-refractivity contribution >= 4 is 11.6 Å². The van der Waals surface area contributed by atoms with Crippen molar-refractivity contribution in [1.82, 2.24) is 9.88 Å². The van der Waals surface area contributed by atoms with E-state index in [-0.39, 0.29) is 16.8 Å². The Kier molecular flexibility index (Phi) is 5.78. The van der Waals surface area contributed by atoms with Crippen LogP contribution < -0.4 is 10.9 Å². The summed E-state index contributed by atoms with van der Waals surface area (Å²) in [6, 6.07) is 8.00. The van der Waals surface area contributed by atoms with Crippen molar-refractivity contribution in [3.8, 4) is 0 Å².